The van der Waals surface area contributed by atoms with E-state index in [0.717, 1.165) is 5.56 Å². The molecule has 0 unspecified atom stereocenters. The van der Waals surface area contributed by atoms with E-state index >= 15 is 0 Å². The molecule has 108 valence electrons. The van der Waals surface area contributed by atoms with Gasteiger partial charge in [0.25, 0.3) is 0 Å². The van der Waals surface area contributed by atoms with Gasteiger partial charge in [0.2, 0.25) is 0 Å². The van der Waals surface area contributed by atoms with Gasteiger partial charge in [0.05, 0.1) is 7.11 Å². The van der Waals surface area contributed by atoms with Crippen LogP contribution in [0.1, 0.15) is 24.5 Å². The summed E-state index contributed by atoms with van der Waals surface area (Å²) < 4.78 is 46.7. The predicted octanol–water partition coefficient (Wildman–Crippen LogP) is 3.48. The topological polar surface area (TPSA) is 35.5 Å². The van der Waals surface area contributed by atoms with Gasteiger partial charge in [-0.25, -0.2) is 4.79 Å². The first-order valence-corrected chi connectivity index (χ1v) is 5.99. The lowest BCUT2D eigenvalue weighted by molar-refractivity contribution is -0.192. The summed E-state index contributed by atoms with van der Waals surface area (Å²) >= 11 is 0. The van der Waals surface area contributed by atoms with Crippen LogP contribution in [0.25, 0.3) is 5.76 Å². The van der Waals surface area contributed by atoms with Gasteiger partial charge in [-0.1, -0.05) is 12.1 Å². The summed E-state index contributed by atoms with van der Waals surface area (Å²) in [5.74, 6) is -1.65. The number of rotatable bonds is 2. The molecule has 0 spiro atoms. The fourth-order valence-corrected chi connectivity index (χ4v) is 2.18. The number of hydrogen-bond acceptors (Lipinski definition) is 3. The Balaban J connectivity index is 2.42. The van der Waals surface area contributed by atoms with Crippen molar-refractivity contribution in [3.63, 3.8) is 0 Å². The zero-order valence-corrected chi connectivity index (χ0v) is 11.0. The summed E-state index contributed by atoms with van der Waals surface area (Å²) in [5.41, 5.74) is 1.85. The monoisotopic (exact) mass is 286 g/mol. The second-order valence-electron chi connectivity index (χ2n) is 4.48. The van der Waals surface area contributed by atoms with Gasteiger partial charge in [-0.2, -0.15) is 13.2 Å². The molecular formula is C14H13F3O3. The Morgan fingerprint density at radius 3 is 2.55 bits per heavy atom. The van der Waals surface area contributed by atoms with Crippen LogP contribution < -0.4 is 4.74 Å². The van der Waals surface area contributed by atoms with Gasteiger partial charge in [-0.15, -0.1) is 0 Å². The lowest BCUT2D eigenvalue weighted by Gasteiger charge is -2.23. The van der Waals surface area contributed by atoms with E-state index < -0.39 is 12.1 Å². The Labute approximate surface area is 114 Å². The van der Waals surface area contributed by atoms with Crippen molar-refractivity contribution in [2.45, 2.75) is 25.9 Å². The quantitative estimate of drug-likeness (QED) is 0.781. The van der Waals surface area contributed by atoms with E-state index in [1.54, 1.807) is 25.1 Å². The van der Waals surface area contributed by atoms with Crippen molar-refractivity contribution in [1.29, 1.82) is 0 Å². The maximum absolute atomic E-state index is 12.3. The van der Waals surface area contributed by atoms with Crippen molar-refractivity contribution in [2.24, 2.45) is 0 Å². The highest BCUT2D eigenvalue weighted by atomic mass is 19.4. The van der Waals surface area contributed by atoms with Crippen molar-refractivity contribution >= 4 is 11.7 Å². The van der Waals surface area contributed by atoms with E-state index in [-0.39, 0.29) is 5.76 Å². The number of ether oxygens (including phenoxy) is 2. The van der Waals surface area contributed by atoms with Crippen molar-refractivity contribution in [1.82, 2.24) is 0 Å². The van der Waals surface area contributed by atoms with E-state index in [4.69, 9.17) is 4.74 Å². The van der Waals surface area contributed by atoms with Gasteiger partial charge in [0, 0.05) is 11.1 Å². The summed E-state index contributed by atoms with van der Waals surface area (Å²) in [6.07, 6.45) is -3.85. The SMILES string of the molecule is COc1cccc2c1CCC(C)=C2OC(=O)C(F)(F)F. The van der Waals surface area contributed by atoms with Crippen LogP contribution in [0, 0.1) is 0 Å². The number of carbonyl (C=O) groups is 1. The van der Waals surface area contributed by atoms with E-state index in [1.807, 2.05) is 0 Å². The molecule has 0 amide bonds. The highest BCUT2D eigenvalue weighted by Crippen LogP contribution is 2.37. The zero-order chi connectivity index (χ0) is 14.9. The van der Waals surface area contributed by atoms with Crippen molar-refractivity contribution < 1.29 is 27.4 Å². The summed E-state index contributed by atoms with van der Waals surface area (Å²) in [6.45, 7) is 1.65. The summed E-state index contributed by atoms with van der Waals surface area (Å²) in [6, 6.07) is 5.00. The average Bonchev–Trinajstić information content (AvgIpc) is 2.39. The van der Waals surface area contributed by atoms with E-state index in [2.05, 4.69) is 4.74 Å². The molecule has 0 radical (unpaired) electrons. The minimum Gasteiger partial charge on any atom is -0.496 e. The van der Waals surface area contributed by atoms with Crippen LogP contribution in [-0.2, 0) is 16.0 Å². The fraction of sp³-hybridized carbons (Fsp3) is 0.357. The Kier molecular flexibility index (Phi) is 3.74. The molecule has 20 heavy (non-hydrogen) atoms. The van der Waals surface area contributed by atoms with Gasteiger partial charge in [-0.05, 0) is 31.4 Å². The lowest BCUT2D eigenvalue weighted by atomic mass is 9.90. The number of alkyl halides is 3. The third-order valence-corrected chi connectivity index (χ3v) is 3.16. The number of esters is 1. The maximum atomic E-state index is 12.3. The molecule has 0 atom stereocenters. The molecule has 0 heterocycles. The molecule has 0 fully saturated rings. The minimum absolute atomic E-state index is 0.0209. The smallest absolute Gasteiger partial charge is 0.491 e. The molecular weight excluding hydrogens is 273 g/mol. The van der Waals surface area contributed by atoms with Gasteiger partial charge >= 0.3 is 12.1 Å². The van der Waals surface area contributed by atoms with Crippen LogP contribution in [0.5, 0.6) is 5.75 Å². The van der Waals surface area contributed by atoms with E-state index in [9.17, 15) is 18.0 Å². The average molecular weight is 286 g/mol. The number of methoxy groups -OCH3 is 1. The zero-order valence-electron chi connectivity index (χ0n) is 11.0. The van der Waals surface area contributed by atoms with Crippen LogP contribution in [0.4, 0.5) is 13.2 Å². The second kappa shape index (κ2) is 5.19. The van der Waals surface area contributed by atoms with Crippen LogP contribution in [0.2, 0.25) is 0 Å². The summed E-state index contributed by atoms with van der Waals surface area (Å²) in [4.78, 5) is 11.0. The molecule has 3 nitrogen and oxygen atoms in total. The number of hydrogen-bond donors (Lipinski definition) is 0. The van der Waals surface area contributed by atoms with Crippen LogP contribution >= 0.6 is 0 Å². The molecule has 6 heteroatoms. The third kappa shape index (κ3) is 2.64. The first-order valence-electron chi connectivity index (χ1n) is 5.99. The molecule has 0 aromatic heterocycles. The van der Waals surface area contributed by atoms with Crippen LogP contribution in [0.15, 0.2) is 23.8 Å². The van der Waals surface area contributed by atoms with E-state index in [0.29, 0.717) is 29.7 Å². The second-order valence-corrected chi connectivity index (χ2v) is 4.48. The maximum Gasteiger partial charge on any atom is 0.491 e. The first kappa shape index (κ1) is 14.4. The molecule has 0 N–H and O–H groups in total. The molecule has 0 saturated carbocycles. The Morgan fingerprint density at radius 2 is 1.95 bits per heavy atom. The molecule has 1 aliphatic rings. The molecule has 1 aromatic rings. The lowest BCUT2D eigenvalue weighted by Crippen LogP contribution is -2.26. The summed E-state index contributed by atoms with van der Waals surface area (Å²) in [7, 11) is 1.49. The number of halogens is 3. The van der Waals surface area contributed by atoms with Gasteiger partial charge in [0.15, 0.2) is 0 Å². The Morgan fingerprint density at radius 1 is 1.25 bits per heavy atom. The van der Waals surface area contributed by atoms with Gasteiger partial charge < -0.3 is 9.47 Å². The van der Waals surface area contributed by atoms with Crippen LogP contribution in [0.3, 0.4) is 0 Å². The van der Waals surface area contributed by atoms with Gasteiger partial charge in [0.1, 0.15) is 11.5 Å². The first-order chi connectivity index (χ1) is 9.34. The van der Waals surface area contributed by atoms with Crippen molar-refractivity contribution in [3.8, 4) is 5.75 Å². The standard InChI is InChI=1S/C14H13F3O3/c1-8-6-7-9-10(4-3-5-11(9)19-2)12(8)20-13(18)14(15,16)17/h3-5H,6-7H2,1-2H3. The van der Waals surface area contributed by atoms with Crippen molar-refractivity contribution in [2.75, 3.05) is 7.11 Å². The minimum atomic E-state index is -5.01. The number of carbonyl (C=O) groups excluding carboxylic acids is 1. The summed E-state index contributed by atoms with van der Waals surface area (Å²) in [5, 5.41) is 0. The largest absolute Gasteiger partial charge is 0.496 e. The normalized spacial score (nSPS) is 14.8. The third-order valence-electron chi connectivity index (χ3n) is 3.16. The predicted molar refractivity (Wildman–Crippen MR) is 66.1 cm³/mol. The highest BCUT2D eigenvalue weighted by molar-refractivity contribution is 5.84. The molecule has 0 saturated heterocycles. The Hall–Kier alpha value is -1.98. The molecule has 1 aliphatic carbocycles. The highest BCUT2D eigenvalue weighted by Gasteiger charge is 2.42. The van der Waals surface area contributed by atoms with Crippen molar-refractivity contribution in [3.05, 3.63) is 34.9 Å². The fourth-order valence-electron chi connectivity index (χ4n) is 2.18. The number of allylic oxidation sites excluding steroid dienone is 1. The number of benzene rings is 1. The molecule has 0 bridgehead atoms. The molecule has 2 rings (SSSR count). The molecule has 0 aliphatic heterocycles. The number of fused-ring (bicyclic) bond motifs is 1. The van der Waals surface area contributed by atoms with E-state index in [1.165, 1.54) is 7.11 Å². The Bertz CT molecular complexity index is 574. The van der Waals surface area contributed by atoms with Crippen LogP contribution in [-0.4, -0.2) is 19.3 Å². The molecule has 1 aromatic carbocycles. The van der Waals surface area contributed by atoms with Gasteiger partial charge in [-0.3, -0.25) is 0 Å².